The van der Waals surface area contributed by atoms with E-state index in [1.165, 1.54) is 4.90 Å². The number of amides is 1. The maximum atomic E-state index is 12.7. The average molecular weight is 333 g/mol. The van der Waals surface area contributed by atoms with Crippen molar-refractivity contribution in [3.05, 3.63) is 28.3 Å². The second-order valence-corrected chi connectivity index (χ2v) is 7.10. The van der Waals surface area contributed by atoms with Gasteiger partial charge in [0.25, 0.3) is 5.91 Å². The van der Waals surface area contributed by atoms with Gasteiger partial charge in [-0.25, -0.2) is 9.78 Å². The van der Waals surface area contributed by atoms with Crippen molar-refractivity contribution in [2.45, 2.75) is 32.7 Å². The van der Waals surface area contributed by atoms with Crippen molar-refractivity contribution in [1.82, 2.24) is 14.9 Å². The van der Waals surface area contributed by atoms with E-state index in [-0.39, 0.29) is 5.91 Å². The van der Waals surface area contributed by atoms with Crippen LogP contribution in [0.5, 0.6) is 0 Å². The molecule has 0 bridgehead atoms. The smallest absolute Gasteiger partial charge is 0.326 e. The molecule has 1 amide bonds. The first-order valence-corrected chi connectivity index (χ1v) is 8.48. The lowest BCUT2D eigenvalue weighted by atomic mass is 9.92. The molecule has 0 aromatic carbocycles. The van der Waals surface area contributed by atoms with E-state index in [1.807, 2.05) is 19.2 Å². The molecule has 23 heavy (non-hydrogen) atoms. The summed E-state index contributed by atoms with van der Waals surface area (Å²) in [4.78, 5) is 33.0. The van der Waals surface area contributed by atoms with Crippen LogP contribution in [0.15, 0.2) is 17.6 Å². The van der Waals surface area contributed by atoms with Gasteiger partial charge in [-0.15, -0.1) is 11.3 Å². The number of aryl methyl sites for hydroxylation is 1. The highest BCUT2D eigenvalue weighted by Crippen LogP contribution is 2.26. The summed E-state index contributed by atoms with van der Waals surface area (Å²) >= 11 is 1.55. The van der Waals surface area contributed by atoms with E-state index in [0.29, 0.717) is 24.6 Å². The van der Waals surface area contributed by atoms with Gasteiger partial charge in [0.15, 0.2) is 0 Å². The third-order valence-corrected chi connectivity index (χ3v) is 5.01. The Labute approximate surface area is 138 Å². The molecule has 0 aliphatic carbocycles. The molecule has 3 heterocycles. The Balaban J connectivity index is 1.82. The van der Waals surface area contributed by atoms with Gasteiger partial charge in [-0.05, 0) is 31.7 Å². The van der Waals surface area contributed by atoms with Gasteiger partial charge in [-0.1, -0.05) is 6.92 Å². The van der Waals surface area contributed by atoms with Crippen molar-refractivity contribution >= 4 is 23.2 Å². The normalized spacial score (nSPS) is 21.4. The molecule has 0 saturated carbocycles. The molecule has 2 unspecified atom stereocenters. The monoisotopic (exact) mass is 333 g/mol. The lowest BCUT2D eigenvalue weighted by molar-refractivity contribution is -0.144. The van der Waals surface area contributed by atoms with E-state index in [9.17, 15) is 14.7 Å². The zero-order chi connectivity index (χ0) is 16.6. The van der Waals surface area contributed by atoms with E-state index < -0.39 is 12.0 Å². The van der Waals surface area contributed by atoms with Crippen LogP contribution in [0.1, 0.15) is 35.3 Å². The third-order valence-electron chi connectivity index (χ3n) is 4.24. The molecule has 6 nitrogen and oxygen atoms in total. The van der Waals surface area contributed by atoms with Crippen LogP contribution >= 0.6 is 11.3 Å². The van der Waals surface area contributed by atoms with Gasteiger partial charge in [-0.2, -0.15) is 0 Å². The number of aliphatic carboxylic acids is 1. The van der Waals surface area contributed by atoms with Crippen molar-refractivity contribution in [2.75, 3.05) is 6.54 Å². The van der Waals surface area contributed by atoms with Crippen molar-refractivity contribution in [1.29, 1.82) is 0 Å². The zero-order valence-corrected chi connectivity index (χ0v) is 13.9. The molecule has 122 valence electrons. The topological polar surface area (TPSA) is 86.3 Å². The number of carboxylic acids is 1. The molecule has 0 radical (unpaired) electrons. The first-order chi connectivity index (χ1) is 11.0. The minimum Gasteiger partial charge on any atom is -0.480 e. The summed E-state index contributed by atoms with van der Waals surface area (Å²) in [7, 11) is 0. The molecule has 1 aliphatic heterocycles. The predicted molar refractivity (Wildman–Crippen MR) is 87.5 cm³/mol. The van der Waals surface area contributed by atoms with Gasteiger partial charge in [0, 0.05) is 23.7 Å². The number of likely N-dealkylation sites (tertiary alicyclic amines) is 1. The molecule has 2 atom stereocenters. The Bertz CT molecular complexity index is 737. The van der Waals surface area contributed by atoms with Crippen molar-refractivity contribution < 1.29 is 14.7 Å². The molecule has 1 aliphatic rings. The summed E-state index contributed by atoms with van der Waals surface area (Å²) < 4.78 is 0. The van der Waals surface area contributed by atoms with Crippen molar-refractivity contribution in [3.8, 4) is 11.3 Å². The third kappa shape index (κ3) is 3.14. The maximum Gasteiger partial charge on any atom is 0.326 e. The number of aromatic amines is 1. The lowest BCUT2D eigenvalue weighted by Crippen LogP contribution is -2.49. The molecule has 1 fully saturated rings. The molecule has 3 rings (SSSR count). The minimum atomic E-state index is -0.938. The van der Waals surface area contributed by atoms with E-state index in [2.05, 4.69) is 9.97 Å². The number of nitrogens with zero attached hydrogens (tertiary/aromatic N) is 2. The van der Waals surface area contributed by atoms with E-state index in [0.717, 1.165) is 22.7 Å². The number of H-pyrrole nitrogens is 1. The highest BCUT2D eigenvalue weighted by molar-refractivity contribution is 7.09. The number of rotatable bonds is 3. The minimum absolute atomic E-state index is 0.262. The van der Waals surface area contributed by atoms with Gasteiger partial charge in [0.1, 0.15) is 11.7 Å². The van der Waals surface area contributed by atoms with E-state index in [4.69, 9.17) is 0 Å². The fourth-order valence-electron chi connectivity index (χ4n) is 2.94. The number of carboxylic acid groups (broad SMARTS) is 1. The Morgan fingerprint density at radius 3 is 2.91 bits per heavy atom. The number of carbonyl (C=O) groups excluding carboxylic acids is 1. The molecular weight excluding hydrogens is 314 g/mol. The van der Waals surface area contributed by atoms with Gasteiger partial charge < -0.3 is 15.0 Å². The standard InChI is InChI=1S/C16H19N3O3S/c1-9-3-4-19(14(5-9)16(21)22)15(20)12-6-11(7-17-12)13-8-23-10(2)18-13/h6-9,14,17H,3-5H2,1-2H3,(H,21,22). The number of thiazole rings is 1. The van der Waals surface area contributed by atoms with Crippen LogP contribution in [0.3, 0.4) is 0 Å². The molecule has 0 spiro atoms. The summed E-state index contributed by atoms with van der Waals surface area (Å²) in [5.41, 5.74) is 2.08. The van der Waals surface area contributed by atoms with Crippen LogP contribution in [0.2, 0.25) is 0 Å². The summed E-state index contributed by atoms with van der Waals surface area (Å²) in [5.74, 6) is -0.883. The summed E-state index contributed by atoms with van der Waals surface area (Å²) in [6.45, 7) is 4.43. The second kappa shape index (κ2) is 6.16. The van der Waals surface area contributed by atoms with Crippen LogP contribution in [0, 0.1) is 12.8 Å². The van der Waals surface area contributed by atoms with Crippen LogP contribution < -0.4 is 0 Å². The first-order valence-electron chi connectivity index (χ1n) is 7.60. The molecule has 2 aromatic heterocycles. The van der Waals surface area contributed by atoms with Crippen LogP contribution in [0.25, 0.3) is 11.3 Å². The van der Waals surface area contributed by atoms with Gasteiger partial charge in [-0.3, -0.25) is 4.79 Å². The summed E-state index contributed by atoms with van der Waals surface area (Å²) in [6, 6.07) is 0.993. The molecule has 2 aromatic rings. The Morgan fingerprint density at radius 2 is 2.26 bits per heavy atom. The number of carbonyl (C=O) groups is 2. The second-order valence-electron chi connectivity index (χ2n) is 6.04. The van der Waals surface area contributed by atoms with Crippen LogP contribution in [0.4, 0.5) is 0 Å². The fourth-order valence-corrected chi connectivity index (χ4v) is 3.56. The quantitative estimate of drug-likeness (QED) is 0.904. The van der Waals surface area contributed by atoms with Crippen molar-refractivity contribution in [2.24, 2.45) is 5.92 Å². The molecule has 1 saturated heterocycles. The number of nitrogens with one attached hydrogen (secondary N) is 1. The number of hydrogen-bond acceptors (Lipinski definition) is 4. The van der Waals surface area contributed by atoms with E-state index in [1.54, 1.807) is 23.6 Å². The van der Waals surface area contributed by atoms with Gasteiger partial charge in [0.05, 0.1) is 10.7 Å². The highest BCUT2D eigenvalue weighted by Gasteiger charge is 2.35. The highest BCUT2D eigenvalue weighted by atomic mass is 32.1. The van der Waals surface area contributed by atoms with Gasteiger partial charge >= 0.3 is 5.97 Å². The lowest BCUT2D eigenvalue weighted by Gasteiger charge is -2.35. The number of piperidine rings is 1. The molecular formula is C16H19N3O3S. The van der Waals surface area contributed by atoms with Crippen LogP contribution in [-0.2, 0) is 4.79 Å². The van der Waals surface area contributed by atoms with Gasteiger partial charge in [0.2, 0.25) is 0 Å². The zero-order valence-electron chi connectivity index (χ0n) is 13.1. The molecule has 7 heteroatoms. The number of hydrogen-bond donors (Lipinski definition) is 2. The first kappa shape index (κ1) is 15.7. The summed E-state index contributed by atoms with van der Waals surface area (Å²) in [6.07, 6.45) is 3.07. The van der Waals surface area contributed by atoms with Crippen LogP contribution in [-0.4, -0.2) is 44.4 Å². The Kier molecular flexibility index (Phi) is 4.21. The average Bonchev–Trinajstić information content (AvgIpc) is 3.15. The molecule has 2 N–H and O–H groups in total. The van der Waals surface area contributed by atoms with Crippen molar-refractivity contribution in [3.63, 3.8) is 0 Å². The Morgan fingerprint density at radius 1 is 1.48 bits per heavy atom. The summed E-state index contributed by atoms with van der Waals surface area (Å²) in [5, 5.41) is 12.3. The Hall–Kier alpha value is -2.15. The number of aromatic nitrogens is 2. The van der Waals surface area contributed by atoms with E-state index >= 15 is 0 Å². The largest absolute Gasteiger partial charge is 0.480 e. The fraction of sp³-hybridized carbons (Fsp3) is 0.438. The maximum absolute atomic E-state index is 12.7. The predicted octanol–water partition coefficient (Wildman–Crippen LogP) is 2.77. The SMILES string of the molecule is Cc1nc(-c2c[nH]c(C(=O)N3CCC(C)CC3C(=O)O)c2)cs1.